The summed E-state index contributed by atoms with van der Waals surface area (Å²) in [5.74, 6) is -0.407. The molecule has 0 amide bonds. The molecule has 0 N–H and O–H groups in total. The molecule has 0 bridgehead atoms. The maximum atomic E-state index is 13.5. The average Bonchev–Trinajstić information content (AvgIpc) is 2.64. The maximum Gasteiger partial charge on any atom is 0.264 e. The summed E-state index contributed by atoms with van der Waals surface area (Å²) in [6.45, 7) is 3.13. The van der Waals surface area contributed by atoms with Crippen LogP contribution in [0.15, 0.2) is 53.4 Å². The number of sulfonamides is 1. The Kier molecular flexibility index (Phi) is 4.02. The molecule has 6 heteroatoms. The molecule has 1 aliphatic rings. The summed E-state index contributed by atoms with van der Waals surface area (Å²) >= 11 is 0. The Bertz CT molecular complexity index is 823. The largest absolute Gasteiger partial charge is 0.373 e. The van der Waals surface area contributed by atoms with E-state index in [9.17, 15) is 12.8 Å². The molecule has 0 radical (unpaired) electrons. The highest BCUT2D eigenvalue weighted by Crippen LogP contribution is 2.36. The number of anilines is 2. The van der Waals surface area contributed by atoms with Gasteiger partial charge in [-0.05, 0) is 36.2 Å². The molecular weight excluding hydrogens is 315 g/mol. The summed E-state index contributed by atoms with van der Waals surface area (Å²) in [6.07, 6.45) is 0. The molecule has 4 nitrogen and oxygen atoms in total. The van der Waals surface area contributed by atoms with Gasteiger partial charge in [0, 0.05) is 20.1 Å². The van der Waals surface area contributed by atoms with E-state index in [2.05, 4.69) is 4.90 Å². The first-order chi connectivity index (χ1) is 10.9. The van der Waals surface area contributed by atoms with Gasteiger partial charge in [0.05, 0.1) is 16.3 Å². The van der Waals surface area contributed by atoms with Crippen LogP contribution < -0.4 is 9.21 Å². The predicted octanol–water partition coefficient (Wildman–Crippen LogP) is 3.11. The van der Waals surface area contributed by atoms with Crippen molar-refractivity contribution in [1.82, 2.24) is 0 Å². The molecule has 0 aliphatic carbocycles. The third-order valence-electron chi connectivity index (χ3n) is 4.01. The van der Waals surface area contributed by atoms with Crippen molar-refractivity contribution >= 4 is 21.4 Å². The van der Waals surface area contributed by atoms with Gasteiger partial charge in [-0.25, -0.2) is 12.8 Å². The number of para-hydroxylation sites is 2. The summed E-state index contributed by atoms with van der Waals surface area (Å²) in [4.78, 5) is 2.03. The van der Waals surface area contributed by atoms with Crippen molar-refractivity contribution in [2.24, 2.45) is 5.92 Å². The minimum atomic E-state index is -3.81. The van der Waals surface area contributed by atoms with Crippen LogP contribution in [0, 0.1) is 11.7 Å². The van der Waals surface area contributed by atoms with E-state index >= 15 is 0 Å². The van der Waals surface area contributed by atoms with Crippen LogP contribution in [-0.2, 0) is 10.0 Å². The minimum absolute atomic E-state index is 0.0240. The van der Waals surface area contributed by atoms with Crippen molar-refractivity contribution in [2.75, 3.05) is 29.3 Å². The topological polar surface area (TPSA) is 40.6 Å². The number of nitrogens with zero attached hydrogens (tertiary/aromatic N) is 2. The smallest absolute Gasteiger partial charge is 0.264 e. The second-order valence-corrected chi connectivity index (χ2v) is 7.83. The van der Waals surface area contributed by atoms with Crippen LogP contribution in [-0.4, -0.2) is 28.6 Å². The van der Waals surface area contributed by atoms with Gasteiger partial charge in [0.25, 0.3) is 10.0 Å². The predicted molar refractivity (Wildman–Crippen MR) is 89.8 cm³/mol. The monoisotopic (exact) mass is 334 g/mol. The normalized spacial score (nSPS) is 18.5. The molecule has 122 valence electrons. The Hall–Kier alpha value is -2.08. The third kappa shape index (κ3) is 2.91. The average molecular weight is 334 g/mol. The number of fused-ring (bicyclic) bond motifs is 1. The molecule has 23 heavy (non-hydrogen) atoms. The lowest BCUT2D eigenvalue weighted by molar-refractivity contribution is 0.565. The number of halogens is 1. The summed E-state index contributed by atoms with van der Waals surface area (Å²) in [6, 6.07) is 12.6. The fourth-order valence-electron chi connectivity index (χ4n) is 2.99. The van der Waals surface area contributed by atoms with Crippen molar-refractivity contribution in [2.45, 2.75) is 11.8 Å². The SMILES string of the molecule is C[C@H]1CN(C)c2ccccc2N(S(=O)(=O)c2cccc(F)c2)C1. The quantitative estimate of drug-likeness (QED) is 0.847. The minimum Gasteiger partial charge on any atom is -0.373 e. The lowest BCUT2D eigenvalue weighted by Crippen LogP contribution is -2.35. The molecule has 0 unspecified atom stereocenters. The Labute approximate surface area is 136 Å². The molecule has 0 saturated carbocycles. The lowest BCUT2D eigenvalue weighted by atomic mass is 10.2. The number of hydrogen-bond acceptors (Lipinski definition) is 3. The molecule has 0 aromatic heterocycles. The molecule has 2 aromatic carbocycles. The summed E-state index contributed by atoms with van der Waals surface area (Å²) < 4.78 is 41.0. The van der Waals surface area contributed by atoms with Crippen molar-refractivity contribution in [1.29, 1.82) is 0 Å². The van der Waals surface area contributed by atoms with E-state index < -0.39 is 15.8 Å². The number of benzene rings is 2. The van der Waals surface area contributed by atoms with E-state index in [0.29, 0.717) is 12.2 Å². The van der Waals surface area contributed by atoms with Gasteiger partial charge in [-0.3, -0.25) is 4.31 Å². The van der Waals surface area contributed by atoms with E-state index in [1.807, 2.05) is 32.2 Å². The Morgan fingerprint density at radius 2 is 1.74 bits per heavy atom. The standard InChI is InChI=1S/C17H19FN2O2S/c1-13-11-19(2)16-8-3-4-9-17(16)20(12-13)23(21,22)15-7-5-6-14(18)10-15/h3-10,13H,11-12H2,1-2H3/t13-/m0/s1. The molecular formula is C17H19FN2O2S. The molecule has 0 spiro atoms. The van der Waals surface area contributed by atoms with Crippen LogP contribution in [0.25, 0.3) is 0 Å². The fraction of sp³-hybridized carbons (Fsp3) is 0.294. The van der Waals surface area contributed by atoms with Gasteiger partial charge in [-0.1, -0.05) is 25.1 Å². The zero-order valence-electron chi connectivity index (χ0n) is 13.1. The highest BCUT2D eigenvalue weighted by atomic mass is 32.2. The van der Waals surface area contributed by atoms with Gasteiger partial charge in [-0.2, -0.15) is 0 Å². The van der Waals surface area contributed by atoms with Crippen molar-refractivity contribution in [3.63, 3.8) is 0 Å². The first-order valence-corrected chi connectivity index (χ1v) is 8.92. The number of hydrogen-bond donors (Lipinski definition) is 0. The second kappa shape index (κ2) is 5.85. The van der Waals surface area contributed by atoms with E-state index in [1.54, 1.807) is 6.07 Å². The Morgan fingerprint density at radius 1 is 1.04 bits per heavy atom. The van der Waals surface area contributed by atoms with Crippen molar-refractivity contribution in [3.05, 3.63) is 54.3 Å². The molecule has 1 aliphatic heterocycles. The fourth-order valence-corrected chi connectivity index (χ4v) is 4.62. The molecule has 0 saturated heterocycles. The van der Waals surface area contributed by atoms with Crippen LogP contribution in [0.5, 0.6) is 0 Å². The number of rotatable bonds is 2. The van der Waals surface area contributed by atoms with Crippen molar-refractivity contribution in [3.8, 4) is 0 Å². The van der Waals surface area contributed by atoms with E-state index in [0.717, 1.165) is 18.3 Å². The van der Waals surface area contributed by atoms with Gasteiger partial charge in [0.1, 0.15) is 5.82 Å². The van der Waals surface area contributed by atoms with Gasteiger partial charge in [0.15, 0.2) is 0 Å². The van der Waals surface area contributed by atoms with Crippen LogP contribution in [0.3, 0.4) is 0 Å². The zero-order valence-corrected chi connectivity index (χ0v) is 13.9. The molecule has 0 fully saturated rings. The highest BCUT2D eigenvalue weighted by molar-refractivity contribution is 7.92. The molecule has 1 heterocycles. The second-order valence-electron chi connectivity index (χ2n) is 5.97. The van der Waals surface area contributed by atoms with Crippen LogP contribution in [0.2, 0.25) is 0 Å². The summed E-state index contributed by atoms with van der Waals surface area (Å²) in [5.41, 5.74) is 1.49. The summed E-state index contributed by atoms with van der Waals surface area (Å²) in [5, 5.41) is 0. The summed E-state index contributed by atoms with van der Waals surface area (Å²) in [7, 11) is -1.86. The van der Waals surface area contributed by atoms with E-state index in [-0.39, 0.29) is 10.8 Å². The first-order valence-electron chi connectivity index (χ1n) is 7.48. The van der Waals surface area contributed by atoms with E-state index in [4.69, 9.17) is 0 Å². The van der Waals surface area contributed by atoms with E-state index in [1.165, 1.54) is 22.5 Å². The maximum absolute atomic E-state index is 13.5. The van der Waals surface area contributed by atoms with Gasteiger partial charge < -0.3 is 4.90 Å². The molecule has 3 rings (SSSR count). The third-order valence-corrected chi connectivity index (χ3v) is 5.78. The van der Waals surface area contributed by atoms with Gasteiger partial charge in [-0.15, -0.1) is 0 Å². The van der Waals surface area contributed by atoms with Crippen LogP contribution >= 0.6 is 0 Å². The van der Waals surface area contributed by atoms with Crippen molar-refractivity contribution < 1.29 is 12.8 Å². The van der Waals surface area contributed by atoms with Crippen LogP contribution in [0.4, 0.5) is 15.8 Å². The lowest BCUT2D eigenvalue weighted by Gasteiger charge is -2.26. The Morgan fingerprint density at radius 3 is 2.43 bits per heavy atom. The Balaban J connectivity index is 2.15. The first kappa shape index (κ1) is 15.8. The van der Waals surface area contributed by atoms with Gasteiger partial charge >= 0.3 is 0 Å². The van der Waals surface area contributed by atoms with Crippen LogP contribution in [0.1, 0.15) is 6.92 Å². The zero-order chi connectivity index (χ0) is 16.6. The molecule has 1 atom stereocenters. The van der Waals surface area contributed by atoms with Gasteiger partial charge in [0.2, 0.25) is 0 Å². The molecule has 2 aromatic rings. The highest BCUT2D eigenvalue weighted by Gasteiger charge is 2.31.